The number of nitrogens with zero attached hydrogens (tertiary/aromatic N) is 1. The fraction of sp³-hybridized carbons (Fsp3) is 1.00. The Morgan fingerprint density at radius 2 is 0.939 bits per heavy atom. The van der Waals surface area contributed by atoms with Gasteiger partial charge in [-0.3, -0.25) is 0 Å². The first-order chi connectivity index (χ1) is 15.5. The summed E-state index contributed by atoms with van der Waals surface area (Å²) in [7, 11) is 4.50. The molecule has 0 amide bonds. The second-order valence-corrected chi connectivity index (χ2v) is 10.9. The summed E-state index contributed by atoms with van der Waals surface area (Å²) in [4.78, 5) is 0. The fourth-order valence-corrected chi connectivity index (χ4v) is 4.65. The molecular formula is C29H62ClNO2. The zero-order valence-electron chi connectivity index (χ0n) is 23.2. The van der Waals surface area contributed by atoms with Gasteiger partial charge in [0, 0.05) is 6.61 Å². The molecule has 0 bridgehead atoms. The maximum atomic E-state index is 10.4. The Bertz CT molecular complexity index is 366. The first-order valence-electron chi connectivity index (χ1n) is 14.6. The Hall–Kier alpha value is 0.170. The predicted octanol–water partition coefficient (Wildman–Crippen LogP) is 5.29. The van der Waals surface area contributed by atoms with Gasteiger partial charge in [-0.25, -0.2) is 0 Å². The van der Waals surface area contributed by atoms with E-state index < -0.39 is 0 Å². The van der Waals surface area contributed by atoms with E-state index >= 15 is 0 Å². The third-order valence-corrected chi connectivity index (χ3v) is 6.77. The van der Waals surface area contributed by atoms with Crippen molar-refractivity contribution in [2.75, 3.05) is 40.4 Å². The second-order valence-electron chi connectivity index (χ2n) is 10.9. The number of quaternary nitrogens is 1. The topological polar surface area (TPSA) is 29.5 Å². The average molecular weight is 492 g/mol. The number of aliphatic hydroxyl groups excluding tert-OH is 1. The molecule has 0 aliphatic heterocycles. The summed E-state index contributed by atoms with van der Waals surface area (Å²) < 4.78 is 6.66. The zero-order valence-corrected chi connectivity index (χ0v) is 24.0. The molecule has 1 unspecified atom stereocenters. The normalized spacial score (nSPS) is 12.6. The smallest absolute Gasteiger partial charge is 0.126 e. The summed E-state index contributed by atoms with van der Waals surface area (Å²) in [5.74, 6) is 0. The van der Waals surface area contributed by atoms with Crippen LogP contribution in [-0.2, 0) is 4.74 Å². The first kappa shape index (κ1) is 35.3. The minimum absolute atomic E-state index is 0. The largest absolute Gasteiger partial charge is 1.00 e. The van der Waals surface area contributed by atoms with Gasteiger partial charge in [0.25, 0.3) is 0 Å². The van der Waals surface area contributed by atoms with Crippen LogP contribution in [0.25, 0.3) is 0 Å². The van der Waals surface area contributed by atoms with Gasteiger partial charge in [-0.1, -0.05) is 123 Å². The van der Waals surface area contributed by atoms with Crippen LogP contribution in [-0.4, -0.2) is 56.1 Å². The van der Waals surface area contributed by atoms with Crippen LogP contribution < -0.4 is 12.4 Å². The molecular weight excluding hydrogens is 430 g/mol. The molecule has 0 aliphatic rings. The molecule has 4 heteroatoms. The van der Waals surface area contributed by atoms with Gasteiger partial charge in [-0.15, -0.1) is 0 Å². The molecule has 0 aliphatic carbocycles. The molecule has 0 aromatic carbocycles. The molecule has 33 heavy (non-hydrogen) atoms. The highest BCUT2D eigenvalue weighted by molar-refractivity contribution is 4.54. The van der Waals surface area contributed by atoms with E-state index in [1.54, 1.807) is 0 Å². The van der Waals surface area contributed by atoms with Crippen LogP contribution in [0, 0.1) is 0 Å². The van der Waals surface area contributed by atoms with E-state index in [1.807, 2.05) is 0 Å². The van der Waals surface area contributed by atoms with Crippen LogP contribution in [0.5, 0.6) is 0 Å². The summed E-state index contributed by atoms with van der Waals surface area (Å²) in [6.07, 6.45) is 27.0. The van der Waals surface area contributed by atoms with Gasteiger partial charge in [-0.2, -0.15) is 0 Å². The van der Waals surface area contributed by atoms with Crippen LogP contribution in [0.4, 0.5) is 0 Å². The van der Waals surface area contributed by atoms with Crippen molar-refractivity contribution < 1.29 is 26.7 Å². The van der Waals surface area contributed by atoms with E-state index in [4.69, 9.17) is 4.74 Å². The monoisotopic (exact) mass is 491 g/mol. The third-order valence-electron chi connectivity index (χ3n) is 6.77. The molecule has 0 fully saturated rings. The van der Waals surface area contributed by atoms with Gasteiger partial charge in [-0.05, 0) is 19.3 Å². The minimum atomic E-state index is -0.337. The van der Waals surface area contributed by atoms with Gasteiger partial charge in [0.15, 0.2) is 0 Å². The summed E-state index contributed by atoms with van der Waals surface area (Å²) in [5.41, 5.74) is 0. The summed E-state index contributed by atoms with van der Waals surface area (Å²) in [6.45, 7) is 7.82. The van der Waals surface area contributed by atoms with Gasteiger partial charge in [0.2, 0.25) is 0 Å². The molecule has 0 rings (SSSR count). The van der Waals surface area contributed by atoms with Crippen molar-refractivity contribution in [1.29, 1.82) is 0 Å². The molecule has 0 saturated carbocycles. The van der Waals surface area contributed by atoms with Crippen molar-refractivity contribution in [2.24, 2.45) is 0 Å². The number of ether oxygens (including phenoxy) is 1. The van der Waals surface area contributed by atoms with Crippen molar-refractivity contribution in [1.82, 2.24) is 0 Å². The van der Waals surface area contributed by atoms with Crippen LogP contribution in [0.1, 0.15) is 142 Å². The van der Waals surface area contributed by atoms with E-state index in [-0.39, 0.29) is 18.5 Å². The zero-order chi connectivity index (χ0) is 23.8. The molecule has 0 heterocycles. The number of aliphatic hydroxyl groups is 1. The van der Waals surface area contributed by atoms with Crippen molar-refractivity contribution in [3.05, 3.63) is 0 Å². The standard InChI is InChI=1S/C29H62NO2.ClH/c1-5-7-9-11-13-15-17-19-21-23-25-30(3,4)27-29(31)28-32-26-24-22-20-18-16-14-12-10-8-6-2;/h29,31H,5-28H2,1-4H3;1H/q+1;/p-1. The molecule has 1 atom stereocenters. The lowest BCUT2D eigenvalue weighted by Crippen LogP contribution is -3.00. The molecule has 1 N–H and O–H groups in total. The highest BCUT2D eigenvalue weighted by Gasteiger charge is 2.20. The lowest BCUT2D eigenvalue weighted by molar-refractivity contribution is -0.893. The second kappa shape index (κ2) is 26.8. The molecule has 0 aromatic heterocycles. The number of hydrogen-bond donors (Lipinski definition) is 1. The number of unbranched alkanes of at least 4 members (excludes halogenated alkanes) is 18. The fourth-order valence-electron chi connectivity index (χ4n) is 4.65. The van der Waals surface area contributed by atoms with Gasteiger partial charge < -0.3 is 26.7 Å². The maximum absolute atomic E-state index is 10.4. The third kappa shape index (κ3) is 28.3. The van der Waals surface area contributed by atoms with E-state index in [0.717, 1.165) is 30.6 Å². The van der Waals surface area contributed by atoms with Crippen molar-refractivity contribution in [3.8, 4) is 0 Å². The summed E-state index contributed by atoms with van der Waals surface area (Å²) in [6, 6.07) is 0. The molecule has 202 valence electrons. The van der Waals surface area contributed by atoms with Crippen molar-refractivity contribution >= 4 is 0 Å². The van der Waals surface area contributed by atoms with E-state index in [0.29, 0.717) is 6.61 Å². The Morgan fingerprint density at radius 1 is 0.576 bits per heavy atom. The molecule has 0 radical (unpaired) electrons. The number of rotatable bonds is 26. The maximum Gasteiger partial charge on any atom is 0.126 e. The number of halogens is 1. The Balaban J connectivity index is 0. The molecule has 0 spiro atoms. The van der Waals surface area contributed by atoms with Gasteiger partial charge in [0.1, 0.15) is 12.6 Å². The summed E-state index contributed by atoms with van der Waals surface area (Å²) >= 11 is 0. The summed E-state index contributed by atoms with van der Waals surface area (Å²) in [5, 5.41) is 10.4. The predicted molar refractivity (Wildman–Crippen MR) is 142 cm³/mol. The van der Waals surface area contributed by atoms with Crippen LogP contribution in [0.3, 0.4) is 0 Å². The van der Waals surface area contributed by atoms with Gasteiger partial charge >= 0.3 is 0 Å². The minimum Gasteiger partial charge on any atom is -1.00 e. The van der Waals surface area contributed by atoms with Crippen molar-refractivity contribution in [2.45, 2.75) is 148 Å². The van der Waals surface area contributed by atoms with Crippen molar-refractivity contribution in [3.63, 3.8) is 0 Å². The molecule has 0 saturated heterocycles. The molecule has 0 aromatic rings. The Labute approximate surface area is 215 Å². The lowest BCUT2D eigenvalue weighted by atomic mass is 10.1. The van der Waals surface area contributed by atoms with E-state index in [2.05, 4.69) is 27.9 Å². The Morgan fingerprint density at radius 3 is 1.36 bits per heavy atom. The van der Waals surface area contributed by atoms with Gasteiger partial charge in [0.05, 0.1) is 27.2 Å². The highest BCUT2D eigenvalue weighted by Crippen LogP contribution is 2.13. The van der Waals surface area contributed by atoms with E-state index in [1.165, 1.54) is 122 Å². The SMILES string of the molecule is CCCCCCCCCCCCOCC(O)C[N+](C)(C)CCCCCCCCCCCC.[Cl-]. The average Bonchev–Trinajstić information content (AvgIpc) is 2.75. The van der Waals surface area contributed by atoms with Crippen LogP contribution >= 0.6 is 0 Å². The number of hydrogen-bond acceptors (Lipinski definition) is 2. The first-order valence-corrected chi connectivity index (χ1v) is 14.6. The Kier molecular flexibility index (Phi) is 28.7. The van der Waals surface area contributed by atoms with Crippen LogP contribution in [0.15, 0.2) is 0 Å². The van der Waals surface area contributed by atoms with E-state index in [9.17, 15) is 5.11 Å². The highest BCUT2D eigenvalue weighted by atomic mass is 35.5. The molecule has 3 nitrogen and oxygen atoms in total. The number of likely N-dealkylation sites (N-methyl/N-ethyl adjacent to an activating group) is 1. The quantitative estimate of drug-likeness (QED) is 0.132. The van der Waals surface area contributed by atoms with Crippen LogP contribution in [0.2, 0.25) is 0 Å². The lowest BCUT2D eigenvalue weighted by Gasteiger charge is -2.32.